The molecule has 0 atom stereocenters. The van der Waals surface area contributed by atoms with Crippen LogP contribution < -0.4 is 0 Å². The fourth-order valence-corrected chi connectivity index (χ4v) is 2.39. The molecule has 0 aliphatic rings. The molecule has 0 aromatic carbocycles. The summed E-state index contributed by atoms with van der Waals surface area (Å²) in [7, 11) is 1.88. The Kier molecular flexibility index (Phi) is 2.78. The first kappa shape index (κ1) is 12.2. The summed E-state index contributed by atoms with van der Waals surface area (Å²) in [6, 6.07) is 0. The Morgan fingerprint density at radius 1 is 1.26 bits per heavy atom. The summed E-state index contributed by atoms with van der Waals surface area (Å²) in [5.41, 5.74) is 2.64. The lowest BCUT2D eigenvalue weighted by molar-refractivity contribution is 0.367. The molecule has 0 radical (unpaired) electrons. The largest absolute Gasteiger partial charge is 0.337 e. The second-order valence-electron chi connectivity index (χ2n) is 4.36. The highest BCUT2D eigenvalue weighted by Gasteiger charge is 2.18. The van der Waals surface area contributed by atoms with Crippen LogP contribution in [0.4, 0.5) is 0 Å². The third-order valence-electron chi connectivity index (χ3n) is 2.95. The van der Waals surface area contributed by atoms with E-state index in [1.807, 2.05) is 18.5 Å². The van der Waals surface area contributed by atoms with Crippen LogP contribution in [-0.2, 0) is 19.5 Å². The molecule has 0 fully saturated rings. The van der Waals surface area contributed by atoms with Crippen molar-refractivity contribution in [3.05, 3.63) is 23.2 Å². The fourth-order valence-electron chi connectivity index (χ4n) is 2.19. The smallest absolute Gasteiger partial charge is 0.246 e. The van der Waals surface area contributed by atoms with Crippen LogP contribution in [0.3, 0.4) is 0 Å². The number of aromatic nitrogens is 6. The molecule has 0 aliphatic heterocycles. The second kappa shape index (κ2) is 4.34. The van der Waals surface area contributed by atoms with Gasteiger partial charge >= 0.3 is 0 Å². The van der Waals surface area contributed by atoms with Crippen LogP contribution in [0, 0.1) is 13.8 Å². The lowest BCUT2D eigenvalue weighted by Gasteiger charge is -2.04. The van der Waals surface area contributed by atoms with E-state index < -0.39 is 0 Å². The van der Waals surface area contributed by atoms with Crippen molar-refractivity contribution in [3.8, 4) is 0 Å². The summed E-state index contributed by atoms with van der Waals surface area (Å²) in [5, 5.41) is 8.14. The van der Waals surface area contributed by atoms with Crippen LogP contribution in [0.1, 0.15) is 23.2 Å². The van der Waals surface area contributed by atoms with E-state index in [1.165, 1.54) is 0 Å². The quantitative estimate of drug-likeness (QED) is 0.681. The van der Waals surface area contributed by atoms with Crippen LogP contribution in [0.5, 0.6) is 0 Å². The molecule has 0 saturated heterocycles. The molecule has 0 spiro atoms. The van der Waals surface area contributed by atoms with E-state index in [0.717, 1.165) is 22.7 Å². The van der Waals surface area contributed by atoms with Gasteiger partial charge in [-0.3, -0.25) is 4.68 Å². The topological polar surface area (TPSA) is 74.6 Å². The molecule has 19 heavy (non-hydrogen) atoms. The Bertz CT molecular complexity index is 740. The number of rotatable bonds is 3. The molecule has 3 aromatic heterocycles. The van der Waals surface area contributed by atoms with Crippen molar-refractivity contribution in [1.82, 2.24) is 29.5 Å². The SMILES string of the molecule is Cc1noc(Cn2c(CCl)nc3c(C)nn(C)c32)n1. The van der Waals surface area contributed by atoms with Gasteiger partial charge in [0.05, 0.1) is 11.6 Å². The maximum absolute atomic E-state index is 5.96. The summed E-state index contributed by atoms with van der Waals surface area (Å²) in [5.74, 6) is 2.23. The zero-order valence-electron chi connectivity index (χ0n) is 10.9. The zero-order chi connectivity index (χ0) is 13.6. The van der Waals surface area contributed by atoms with E-state index >= 15 is 0 Å². The van der Waals surface area contributed by atoms with Crippen LogP contribution in [0.2, 0.25) is 0 Å². The molecule has 0 bridgehead atoms. The Morgan fingerprint density at radius 3 is 2.68 bits per heavy atom. The molecule has 0 unspecified atom stereocenters. The fraction of sp³-hybridized carbons (Fsp3) is 0.455. The monoisotopic (exact) mass is 280 g/mol. The summed E-state index contributed by atoms with van der Waals surface area (Å²) in [4.78, 5) is 8.72. The number of imidazole rings is 1. The van der Waals surface area contributed by atoms with Gasteiger partial charge in [-0.2, -0.15) is 10.1 Å². The molecule has 7 nitrogen and oxygen atoms in total. The molecule has 3 heterocycles. The number of hydrogen-bond acceptors (Lipinski definition) is 5. The molecule has 0 aliphatic carbocycles. The van der Waals surface area contributed by atoms with Gasteiger partial charge in [0, 0.05) is 7.05 Å². The van der Waals surface area contributed by atoms with Gasteiger partial charge < -0.3 is 9.09 Å². The van der Waals surface area contributed by atoms with Crippen molar-refractivity contribution in [1.29, 1.82) is 0 Å². The summed E-state index contributed by atoms with van der Waals surface area (Å²) >= 11 is 5.96. The van der Waals surface area contributed by atoms with E-state index in [1.54, 1.807) is 11.6 Å². The molecule has 3 rings (SSSR count). The number of fused-ring (bicyclic) bond motifs is 1. The second-order valence-corrected chi connectivity index (χ2v) is 4.63. The van der Waals surface area contributed by atoms with Crippen LogP contribution in [-0.4, -0.2) is 29.5 Å². The third kappa shape index (κ3) is 1.90. The number of alkyl halides is 1. The summed E-state index contributed by atoms with van der Waals surface area (Å²) < 4.78 is 8.89. The Hall–Kier alpha value is -1.89. The lowest BCUT2D eigenvalue weighted by atomic mass is 10.4. The first-order chi connectivity index (χ1) is 9.10. The van der Waals surface area contributed by atoms with Gasteiger partial charge in [0.15, 0.2) is 11.5 Å². The average molecular weight is 281 g/mol. The van der Waals surface area contributed by atoms with Crippen molar-refractivity contribution < 1.29 is 4.52 Å². The maximum atomic E-state index is 5.96. The molecule has 0 amide bonds. The van der Waals surface area contributed by atoms with Crippen molar-refractivity contribution in [2.45, 2.75) is 26.3 Å². The van der Waals surface area contributed by atoms with Gasteiger partial charge in [0.2, 0.25) is 5.89 Å². The highest BCUT2D eigenvalue weighted by Crippen LogP contribution is 2.21. The highest BCUT2D eigenvalue weighted by molar-refractivity contribution is 6.16. The first-order valence-electron chi connectivity index (χ1n) is 5.84. The van der Waals surface area contributed by atoms with Crippen molar-refractivity contribution in [2.24, 2.45) is 7.05 Å². The van der Waals surface area contributed by atoms with Gasteiger partial charge in [-0.25, -0.2) is 4.98 Å². The van der Waals surface area contributed by atoms with Crippen molar-refractivity contribution in [3.63, 3.8) is 0 Å². The van der Waals surface area contributed by atoms with Crippen LogP contribution in [0.25, 0.3) is 11.2 Å². The Labute approximate surface area is 114 Å². The molecular weight excluding hydrogens is 268 g/mol. The van der Waals surface area contributed by atoms with Gasteiger partial charge in [0.25, 0.3) is 0 Å². The Balaban J connectivity index is 2.15. The predicted octanol–water partition coefficient (Wildman–Crippen LogP) is 1.56. The van der Waals surface area contributed by atoms with Gasteiger partial charge in [0.1, 0.15) is 17.9 Å². The molecule has 0 N–H and O–H groups in total. The predicted molar refractivity (Wildman–Crippen MR) is 68.9 cm³/mol. The van der Waals surface area contributed by atoms with E-state index in [0.29, 0.717) is 24.1 Å². The minimum atomic E-state index is 0.321. The molecule has 8 heteroatoms. The normalized spacial score (nSPS) is 11.6. The zero-order valence-corrected chi connectivity index (χ0v) is 11.6. The molecule has 0 saturated carbocycles. The minimum absolute atomic E-state index is 0.321. The number of aryl methyl sites for hydroxylation is 3. The summed E-state index contributed by atoms with van der Waals surface area (Å²) in [6.07, 6.45) is 0. The maximum Gasteiger partial charge on any atom is 0.246 e. The van der Waals surface area contributed by atoms with Crippen molar-refractivity contribution in [2.75, 3.05) is 0 Å². The van der Waals surface area contributed by atoms with Crippen molar-refractivity contribution >= 4 is 22.8 Å². The van der Waals surface area contributed by atoms with Gasteiger partial charge in [-0.15, -0.1) is 11.6 Å². The number of nitrogens with zero attached hydrogens (tertiary/aromatic N) is 6. The average Bonchev–Trinajstić information content (AvgIpc) is 3.00. The standard InChI is InChI=1S/C11H13ClN6O/c1-6-10-11(17(3)15-6)18(8(4-12)14-10)5-9-13-7(2)16-19-9/h4-5H2,1-3H3. The van der Waals surface area contributed by atoms with Gasteiger partial charge in [-0.05, 0) is 13.8 Å². The minimum Gasteiger partial charge on any atom is -0.337 e. The lowest BCUT2D eigenvalue weighted by Crippen LogP contribution is -2.07. The summed E-state index contributed by atoms with van der Waals surface area (Å²) in [6.45, 7) is 4.15. The first-order valence-corrected chi connectivity index (χ1v) is 6.37. The highest BCUT2D eigenvalue weighted by atomic mass is 35.5. The molecule has 100 valence electrons. The molecular formula is C11H13ClN6O. The number of hydrogen-bond donors (Lipinski definition) is 0. The van der Waals surface area contributed by atoms with Crippen LogP contribution in [0.15, 0.2) is 4.52 Å². The van der Waals surface area contributed by atoms with E-state index in [9.17, 15) is 0 Å². The van der Waals surface area contributed by atoms with E-state index in [-0.39, 0.29) is 0 Å². The van der Waals surface area contributed by atoms with E-state index in [2.05, 4.69) is 20.2 Å². The third-order valence-corrected chi connectivity index (χ3v) is 3.19. The van der Waals surface area contributed by atoms with Gasteiger partial charge in [-0.1, -0.05) is 5.16 Å². The van der Waals surface area contributed by atoms with Crippen LogP contribution >= 0.6 is 11.6 Å². The van der Waals surface area contributed by atoms with E-state index in [4.69, 9.17) is 16.1 Å². The number of halogens is 1. The molecule has 3 aromatic rings. The Morgan fingerprint density at radius 2 is 2.05 bits per heavy atom.